The minimum atomic E-state index is 0.0798. The number of carbonyl (C=O) groups is 1. The van der Waals surface area contributed by atoms with Gasteiger partial charge in [0.25, 0.3) is 0 Å². The molecule has 0 radical (unpaired) electrons. The minimum absolute atomic E-state index is 0.0798. The second-order valence-corrected chi connectivity index (χ2v) is 9.76. The van der Waals surface area contributed by atoms with E-state index in [1.807, 2.05) is 31.9 Å². The highest BCUT2D eigenvalue weighted by atomic mass is 16.5. The highest BCUT2D eigenvalue weighted by Crippen LogP contribution is 2.41. The lowest BCUT2D eigenvalue weighted by Crippen LogP contribution is -2.38. The highest BCUT2D eigenvalue weighted by molar-refractivity contribution is 6.02. The molecule has 1 aliphatic rings. The number of likely N-dealkylation sites (tertiary alicyclic amines) is 1. The third kappa shape index (κ3) is 4.45. The van der Waals surface area contributed by atoms with Gasteiger partial charge in [-0.05, 0) is 73.6 Å². The molecule has 1 atom stereocenters. The molecule has 0 spiro atoms. The average molecular weight is 468 g/mol. The van der Waals surface area contributed by atoms with Gasteiger partial charge in [0.2, 0.25) is 5.91 Å². The quantitative estimate of drug-likeness (QED) is 0.284. The van der Waals surface area contributed by atoms with E-state index in [2.05, 4.69) is 55.5 Å². The highest BCUT2D eigenvalue weighted by Gasteiger charge is 2.22. The Bertz CT molecular complexity index is 1430. The van der Waals surface area contributed by atoms with Crippen molar-refractivity contribution in [3.8, 4) is 16.9 Å². The van der Waals surface area contributed by atoms with Crippen molar-refractivity contribution in [2.24, 2.45) is 5.92 Å². The smallest absolute Gasteiger partial charge is 0.246 e. The lowest BCUT2D eigenvalue weighted by Gasteiger charge is -2.30. The van der Waals surface area contributed by atoms with Crippen LogP contribution >= 0.6 is 0 Å². The Morgan fingerprint density at radius 2 is 1.97 bits per heavy atom. The topological polar surface area (TPSA) is 42.7 Å². The van der Waals surface area contributed by atoms with Crippen molar-refractivity contribution in [2.45, 2.75) is 40.5 Å². The standard InChI is InChI=1S/C31H33NO3/c1-5-34-30-22(4)31-27(17-26(30)21(3)15-29(33)32-14-8-9-20(2)18-32)28(19-35-31)25-13-12-23-10-6-7-11-24(23)16-25/h6-7,10-13,15-17,19-20H,5,8-9,14,18H2,1-4H3/b21-15+. The zero-order valence-corrected chi connectivity index (χ0v) is 21.1. The summed E-state index contributed by atoms with van der Waals surface area (Å²) in [5.41, 5.74) is 5.78. The van der Waals surface area contributed by atoms with Gasteiger partial charge in [-0.1, -0.05) is 43.3 Å². The molecule has 1 amide bonds. The van der Waals surface area contributed by atoms with Crippen molar-refractivity contribution in [2.75, 3.05) is 19.7 Å². The van der Waals surface area contributed by atoms with Crippen molar-refractivity contribution in [1.29, 1.82) is 0 Å². The maximum atomic E-state index is 13.1. The molecule has 4 nitrogen and oxygen atoms in total. The zero-order valence-electron chi connectivity index (χ0n) is 21.1. The predicted octanol–water partition coefficient (Wildman–Crippen LogP) is 7.62. The third-order valence-electron chi connectivity index (χ3n) is 7.13. The van der Waals surface area contributed by atoms with Crippen LogP contribution in [0.4, 0.5) is 0 Å². The Morgan fingerprint density at radius 1 is 1.17 bits per heavy atom. The van der Waals surface area contributed by atoms with Crippen molar-refractivity contribution in [1.82, 2.24) is 4.90 Å². The molecule has 0 saturated carbocycles. The van der Waals surface area contributed by atoms with E-state index in [9.17, 15) is 4.79 Å². The van der Waals surface area contributed by atoms with Crippen LogP contribution in [0.2, 0.25) is 0 Å². The number of furan rings is 1. The number of allylic oxidation sites excluding steroid dienone is 1. The molecule has 1 aromatic heterocycles. The molecular formula is C31H33NO3. The molecule has 0 aliphatic carbocycles. The van der Waals surface area contributed by atoms with Crippen LogP contribution < -0.4 is 4.74 Å². The predicted molar refractivity (Wildman–Crippen MR) is 144 cm³/mol. The third-order valence-corrected chi connectivity index (χ3v) is 7.13. The van der Waals surface area contributed by atoms with E-state index < -0.39 is 0 Å². The van der Waals surface area contributed by atoms with Crippen molar-refractivity contribution < 1.29 is 13.9 Å². The van der Waals surface area contributed by atoms with Crippen molar-refractivity contribution in [3.05, 3.63) is 72.0 Å². The Hall–Kier alpha value is -3.53. The first-order valence-electron chi connectivity index (χ1n) is 12.6. The molecule has 0 bridgehead atoms. The van der Waals surface area contributed by atoms with Crippen LogP contribution in [0.15, 0.2) is 65.3 Å². The van der Waals surface area contributed by atoms with E-state index >= 15 is 0 Å². The normalized spacial score (nSPS) is 16.7. The number of amides is 1. The first-order valence-corrected chi connectivity index (χ1v) is 12.6. The molecular weight excluding hydrogens is 434 g/mol. The van der Waals surface area contributed by atoms with Gasteiger partial charge in [-0.2, -0.15) is 0 Å². The van der Waals surface area contributed by atoms with E-state index in [0.717, 1.165) is 64.1 Å². The van der Waals surface area contributed by atoms with Gasteiger partial charge >= 0.3 is 0 Å². The fourth-order valence-electron chi connectivity index (χ4n) is 5.26. The Labute approximate surface area is 207 Å². The number of rotatable bonds is 5. The van der Waals surface area contributed by atoms with Crippen LogP contribution in [-0.4, -0.2) is 30.5 Å². The minimum Gasteiger partial charge on any atom is -0.493 e. The number of fused-ring (bicyclic) bond motifs is 2. The fraction of sp³-hybridized carbons (Fsp3) is 0.323. The Morgan fingerprint density at radius 3 is 2.74 bits per heavy atom. The first-order chi connectivity index (χ1) is 17.0. The van der Waals surface area contributed by atoms with E-state index in [4.69, 9.17) is 9.15 Å². The maximum absolute atomic E-state index is 13.1. The summed E-state index contributed by atoms with van der Waals surface area (Å²) >= 11 is 0. The molecule has 2 heterocycles. The molecule has 1 saturated heterocycles. The Kier molecular flexibility index (Phi) is 6.38. The molecule has 1 unspecified atom stereocenters. The summed E-state index contributed by atoms with van der Waals surface area (Å²) in [5.74, 6) is 1.42. The van der Waals surface area contributed by atoms with Gasteiger partial charge in [-0.15, -0.1) is 0 Å². The van der Waals surface area contributed by atoms with Crippen LogP contribution in [0, 0.1) is 12.8 Å². The number of benzene rings is 3. The number of ether oxygens (including phenoxy) is 1. The van der Waals surface area contributed by atoms with Crippen molar-refractivity contribution in [3.63, 3.8) is 0 Å². The van der Waals surface area contributed by atoms with E-state index in [1.54, 1.807) is 6.08 Å². The maximum Gasteiger partial charge on any atom is 0.246 e. The van der Waals surface area contributed by atoms with E-state index in [0.29, 0.717) is 12.5 Å². The van der Waals surface area contributed by atoms with Crippen LogP contribution in [0.25, 0.3) is 38.4 Å². The second-order valence-electron chi connectivity index (χ2n) is 9.76. The summed E-state index contributed by atoms with van der Waals surface area (Å²) in [5, 5.41) is 3.44. The summed E-state index contributed by atoms with van der Waals surface area (Å²) in [6.45, 7) is 10.4. The van der Waals surface area contributed by atoms with E-state index in [1.165, 1.54) is 17.2 Å². The summed E-state index contributed by atoms with van der Waals surface area (Å²) in [7, 11) is 0. The Balaban J connectivity index is 1.60. The number of aryl methyl sites for hydroxylation is 1. The van der Waals surface area contributed by atoms with Gasteiger partial charge in [0.05, 0.1) is 12.9 Å². The van der Waals surface area contributed by atoms with Crippen molar-refractivity contribution >= 4 is 33.2 Å². The monoisotopic (exact) mass is 467 g/mol. The number of nitrogens with zero attached hydrogens (tertiary/aromatic N) is 1. The molecule has 180 valence electrons. The first kappa shape index (κ1) is 23.2. The van der Waals surface area contributed by atoms with Crippen LogP contribution in [0.3, 0.4) is 0 Å². The van der Waals surface area contributed by atoms with Gasteiger partial charge < -0.3 is 14.1 Å². The molecule has 4 aromatic rings. The number of carbonyl (C=O) groups excluding carboxylic acids is 1. The summed E-state index contributed by atoms with van der Waals surface area (Å²) in [6, 6.07) is 17.0. The van der Waals surface area contributed by atoms with Crippen LogP contribution in [0.1, 0.15) is 44.7 Å². The number of hydrogen-bond acceptors (Lipinski definition) is 3. The number of piperidine rings is 1. The molecule has 35 heavy (non-hydrogen) atoms. The molecule has 1 fully saturated rings. The second kappa shape index (κ2) is 9.61. The van der Waals surface area contributed by atoms with E-state index in [-0.39, 0.29) is 5.91 Å². The summed E-state index contributed by atoms with van der Waals surface area (Å²) < 4.78 is 12.2. The fourth-order valence-corrected chi connectivity index (χ4v) is 5.26. The SMILES string of the molecule is CCOc1c(/C(C)=C/C(=O)N2CCCC(C)C2)cc2c(-c3ccc4ccccc4c3)coc2c1C. The summed E-state index contributed by atoms with van der Waals surface area (Å²) in [6.07, 6.45) is 5.87. The van der Waals surface area contributed by atoms with Gasteiger partial charge in [0.15, 0.2) is 0 Å². The largest absolute Gasteiger partial charge is 0.493 e. The molecule has 4 heteroatoms. The van der Waals surface area contributed by atoms with Gasteiger partial charge in [0.1, 0.15) is 11.3 Å². The lowest BCUT2D eigenvalue weighted by atomic mass is 9.95. The lowest BCUT2D eigenvalue weighted by molar-refractivity contribution is -0.127. The van der Waals surface area contributed by atoms with Gasteiger partial charge in [-0.3, -0.25) is 4.79 Å². The molecule has 0 N–H and O–H groups in total. The molecule has 1 aliphatic heterocycles. The average Bonchev–Trinajstić information content (AvgIpc) is 3.29. The molecule has 5 rings (SSSR count). The van der Waals surface area contributed by atoms with Crippen LogP contribution in [-0.2, 0) is 4.79 Å². The molecule has 3 aromatic carbocycles. The van der Waals surface area contributed by atoms with Gasteiger partial charge in [-0.25, -0.2) is 0 Å². The van der Waals surface area contributed by atoms with Crippen LogP contribution in [0.5, 0.6) is 5.75 Å². The summed E-state index contributed by atoms with van der Waals surface area (Å²) in [4.78, 5) is 15.1. The number of hydrogen-bond donors (Lipinski definition) is 0. The van der Waals surface area contributed by atoms with Gasteiger partial charge in [0, 0.05) is 41.2 Å². The zero-order chi connectivity index (χ0) is 24.5.